The first-order valence-electron chi connectivity index (χ1n) is 5.32. The second-order valence-corrected chi connectivity index (χ2v) is 3.68. The van der Waals surface area contributed by atoms with Crippen molar-refractivity contribution in [2.75, 3.05) is 33.4 Å². The van der Waals surface area contributed by atoms with Crippen LogP contribution in [-0.2, 0) is 9.53 Å². The van der Waals surface area contributed by atoms with Gasteiger partial charge in [0.15, 0.2) is 0 Å². The number of hydrogen-bond donors (Lipinski definition) is 2. The van der Waals surface area contributed by atoms with Crippen molar-refractivity contribution >= 4 is 5.91 Å². The molecule has 0 aromatic carbocycles. The van der Waals surface area contributed by atoms with Crippen molar-refractivity contribution in [1.82, 2.24) is 10.6 Å². The van der Waals surface area contributed by atoms with Crippen molar-refractivity contribution in [2.24, 2.45) is 5.92 Å². The number of piperidine rings is 1. The molecule has 0 bridgehead atoms. The first-order chi connectivity index (χ1) is 6.84. The minimum Gasteiger partial charge on any atom is -0.385 e. The quantitative estimate of drug-likeness (QED) is 0.621. The highest BCUT2D eigenvalue weighted by Crippen LogP contribution is 2.09. The molecule has 82 valence electrons. The average molecular weight is 200 g/mol. The summed E-state index contributed by atoms with van der Waals surface area (Å²) in [6.07, 6.45) is 3.02. The molecule has 1 heterocycles. The number of carbonyl (C=O) groups is 1. The van der Waals surface area contributed by atoms with Crippen LogP contribution < -0.4 is 10.6 Å². The molecule has 4 heteroatoms. The van der Waals surface area contributed by atoms with E-state index in [0.717, 1.165) is 38.9 Å². The molecule has 0 saturated carbocycles. The molecule has 1 amide bonds. The second kappa shape index (κ2) is 6.79. The zero-order valence-electron chi connectivity index (χ0n) is 8.84. The molecule has 1 fully saturated rings. The highest BCUT2D eigenvalue weighted by molar-refractivity contribution is 5.78. The monoisotopic (exact) mass is 200 g/mol. The van der Waals surface area contributed by atoms with Crippen molar-refractivity contribution in [3.05, 3.63) is 0 Å². The number of rotatable bonds is 5. The number of nitrogens with one attached hydrogen (secondary N) is 2. The van der Waals surface area contributed by atoms with E-state index < -0.39 is 0 Å². The molecule has 1 aliphatic rings. The van der Waals surface area contributed by atoms with Crippen LogP contribution in [0.25, 0.3) is 0 Å². The van der Waals surface area contributed by atoms with Gasteiger partial charge in [0, 0.05) is 26.8 Å². The van der Waals surface area contributed by atoms with Crippen LogP contribution in [0.1, 0.15) is 19.3 Å². The summed E-state index contributed by atoms with van der Waals surface area (Å²) < 4.78 is 4.91. The summed E-state index contributed by atoms with van der Waals surface area (Å²) in [5.41, 5.74) is 0. The normalized spacial score (nSPS) is 21.9. The summed E-state index contributed by atoms with van der Waals surface area (Å²) in [4.78, 5) is 11.6. The Morgan fingerprint density at radius 3 is 3.14 bits per heavy atom. The summed E-state index contributed by atoms with van der Waals surface area (Å²) in [5, 5.41) is 6.16. The van der Waals surface area contributed by atoms with Gasteiger partial charge in [0.25, 0.3) is 0 Å². The van der Waals surface area contributed by atoms with Crippen molar-refractivity contribution in [3.63, 3.8) is 0 Å². The van der Waals surface area contributed by atoms with Crippen LogP contribution in [0.2, 0.25) is 0 Å². The van der Waals surface area contributed by atoms with E-state index in [1.54, 1.807) is 7.11 Å². The molecule has 0 unspecified atom stereocenters. The van der Waals surface area contributed by atoms with Crippen LogP contribution in [0.15, 0.2) is 0 Å². The molecule has 0 spiro atoms. The summed E-state index contributed by atoms with van der Waals surface area (Å²) in [5.74, 6) is 0.361. The Labute approximate surface area is 85.4 Å². The molecule has 1 rings (SSSR count). The number of ether oxygens (including phenoxy) is 1. The van der Waals surface area contributed by atoms with E-state index in [1.165, 1.54) is 0 Å². The Kier molecular flexibility index (Phi) is 5.56. The number of methoxy groups -OCH3 is 1. The highest BCUT2D eigenvalue weighted by Gasteiger charge is 2.19. The first-order valence-corrected chi connectivity index (χ1v) is 5.32. The van der Waals surface area contributed by atoms with Crippen molar-refractivity contribution in [1.29, 1.82) is 0 Å². The third kappa shape index (κ3) is 4.07. The van der Waals surface area contributed by atoms with Gasteiger partial charge in [-0.3, -0.25) is 4.79 Å². The topological polar surface area (TPSA) is 50.4 Å². The zero-order valence-corrected chi connectivity index (χ0v) is 8.84. The fourth-order valence-electron chi connectivity index (χ4n) is 1.65. The van der Waals surface area contributed by atoms with Gasteiger partial charge in [-0.25, -0.2) is 0 Å². The van der Waals surface area contributed by atoms with Crippen molar-refractivity contribution < 1.29 is 9.53 Å². The van der Waals surface area contributed by atoms with Crippen LogP contribution in [0, 0.1) is 5.92 Å². The van der Waals surface area contributed by atoms with Gasteiger partial charge < -0.3 is 15.4 Å². The molecule has 0 radical (unpaired) electrons. The number of carbonyl (C=O) groups excluding carboxylic acids is 1. The minimum atomic E-state index is 0.172. The number of amides is 1. The molecule has 4 nitrogen and oxygen atoms in total. The van der Waals surface area contributed by atoms with Crippen LogP contribution in [0.4, 0.5) is 0 Å². The average Bonchev–Trinajstić information content (AvgIpc) is 2.25. The van der Waals surface area contributed by atoms with E-state index in [4.69, 9.17) is 4.74 Å². The molecular weight excluding hydrogens is 180 g/mol. The molecule has 1 atom stereocenters. The lowest BCUT2D eigenvalue weighted by molar-refractivity contribution is -0.125. The summed E-state index contributed by atoms with van der Waals surface area (Å²) in [7, 11) is 1.67. The van der Waals surface area contributed by atoms with Crippen LogP contribution in [0.3, 0.4) is 0 Å². The van der Waals surface area contributed by atoms with Gasteiger partial charge in [-0.05, 0) is 25.8 Å². The van der Waals surface area contributed by atoms with Crippen LogP contribution in [0.5, 0.6) is 0 Å². The Balaban J connectivity index is 2.07. The lowest BCUT2D eigenvalue weighted by atomic mass is 9.99. The fourth-order valence-corrected chi connectivity index (χ4v) is 1.65. The predicted octanol–water partition coefficient (Wildman–Crippen LogP) is 0.139. The molecule has 0 aromatic heterocycles. The fraction of sp³-hybridized carbons (Fsp3) is 0.900. The Bertz CT molecular complexity index is 168. The maximum Gasteiger partial charge on any atom is 0.224 e. The van der Waals surface area contributed by atoms with Gasteiger partial charge in [-0.1, -0.05) is 0 Å². The zero-order chi connectivity index (χ0) is 10.2. The third-order valence-corrected chi connectivity index (χ3v) is 2.49. The number of hydrogen-bond acceptors (Lipinski definition) is 3. The molecule has 0 aliphatic carbocycles. The lowest BCUT2D eigenvalue weighted by Gasteiger charge is -2.21. The van der Waals surface area contributed by atoms with Gasteiger partial charge >= 0.3 is 0 Å². The standard InChI is InChI=1S/C10H20N2O2/c1-14-7-3-6-12-10(13)9-4-2-5-11-8-9/h9,11H,2-8H2,1H3,(H,12,13)/t9-/m1/s1. The van der Waals surface area contributed by atoms with Gasteiger partial charge in [0.05, 0.1) is 5.92 Å². The first kappa shape index (κ1) is 11.5. The lowest BCUT2D eigenvalue weighted by Crippen LogP contribution is -2.40. The molecule has 1 aliphatic heterocycles. The maximum absolute atomic E-state index is 11.6. The summed E-state index contributed by atoms with van der Waals surface area (Å²) in [6, 6.07) is 0. The molecule has 14 heavy (non-hydrogen) atoms. The van der Waals surface area contributed by atoms with Crippen molar-refractivity contribution in [2.45, 2.75) is 19.3 Å². The van der Waals surface area contributed by atoms with E-state index in [-0.39, 0.29) is 11.8 Å². The van der Waals surface area contributed by atoms with Crippen LogP contribution in [-0.4, -0.2) is 39.3 Å². The molecule has 0 aromatic rings. The highest BCUT2D eigenvalue weighted by atomic mass is 16.5. The Morgan fingerprint density at radius 2 is 2.50 bits per heavy atom. The van der Waals surface area contributed by atoms with Gasteiger partial charge in [0.1, 0.15) is 0 Å². The molecule has 2 N–H and O–H groups in total. The Hall–Kier alpha value is -0.610. The van der Waals surface area contributed by atoms with E-state index in [0.29, 0.717) is 6.61 Å². The van der Waals surface area contributed by atoms with E-state index in [9.17, 15) is 4.79 Å². The maximum atomic E-state index is 11.6. The van der Waals surface area contributed by atoms with Gasteiger partial charge in [-0.2, -0.15) is 0 Å². The van der Waals surface area contributed by atoms with E-state index in [2.05, 4.69) is 10.6 Å². The third-order valence-electron chi connectivity index (χ3n) is 2.49. The van der Waals surface area contributed by atoms with Crippen molar-refractivity contribution in [3.8, 4) is 0 Å². The Morgan fingerprint density at radius 1 is 1.64 bits per heavy atom. The van der Waals surface area contributed by atoms with Crippen LogP contribution >= 0.6 is 0 Å². The SMILES string of the molecule is COCCCNC(=O)[C@@H]1CCCNC1. The van der Waals surface area contributed by atoms with E-state index >= 15 is 0 Å². The second-order valence-electron chi connectivity index (χ2n) is 3.68. The smallest absolute Gasteiger partial charge is 0.224 e. The van der Waals surface area contributed by atoms with E-state index in [1.807, 2.05) is 0 Å². The van der Waals surface area contributed by atoms with Gasteiger partial charge in [-0.15, -0.1) is 0 Å². The molecule has 1 saturated heterocycles. The minimum absolute atomic E-state index is 0.172. The van der Waals surface area contributed by atoms with Gasteiger partial charge in [0.2, 0.25) is 5.91 Å². The largest absolute Gasteiger partial charge is 0.385 e. The molecular formula is C10H20N2O2. The summed E-state index contributed by atoms with van der Waals surface area (Å²) >= 11 is 0. The predicted molar refractivity (Wildman–Crippen MR) is 55.1 cm³/mol. The summed E-state index contributed by atoms with van der Waals surface area (Å²) in [6.45, 7) is 3.32.